The summed E-state index contributed by atoms with van der Waals surface area (Å²) >= 11 is 0. The molecule has 1 aliphatic rings. The van der Waals surface area contributed by atoms with E-state index < -0.39 is 11.6 Å². The molecular weight excluding hydrogens is 278 g/mol. The zero-order valence-electron chi connectivity index (χ0n) is 13.4. The lowest BCUT2D eigenvalue weighted by Gasteiger charge is -2.32. The quantitative estimate of drug-likeness (QED) is 0.306. The summed E-state index contributed by atoms with van der Waals surface area (Å²) in [5.41, 5.74) is -0.146. The molecule has 1 aliphatic heterocycles. The summed E-state index contributed by atoms with van der Waals surface area (Å²) in [6.45, 7) is 7.12. The average Bonchev–Trinajstić information content (AvgIpc) is 2.64. The largest absolute Gasteiger partial charge is 0.329 e. The Kier molecular flexibility index (Phi) is 5.63. The van der Waals surface area contributed by atoms with Gasteiger partial charge in [-0.25, -0.2) is 4.89 Å². The van der Waals surface area contributed by atoms with Gasteiger partial charge in [0.15, 0.2) is 0 Å². The number of rotatable bonds is 7. The predicted octanol–water partition coefficient (Wildman–Crippen LogP) is 1.38. The van der Waals surface area contributed by atoms with Gasteiger partial charge in [0.05, 0.1) is 12.0 Å². The summed E-state index contributed by atoms with van der Waals surface area (Å²) in [5, 5.41) is 0. The maximum Gasteiger partial charge on any atom is 0.313 e. The van der Waals surface area contributed by atoms with Gasteiger partial charge in [0.25, 0.3) is 11.8 Å². The molecule has 7 nitrogen and oxygen atoms in total. The Morgan fingerprint density at radius 2 is 1.67 bits per heavy atom. The molecule has 0 N–H and O–H groups in total. The molecule has 0 aromatic heterocycles. The summed E-state index contributed by atoms with van der Waals surface area (Å²) in [5.74, 6) is -2.15. The van der Waals surface area contributed by atoms with Gasteiger partial charge in [-0.05, 0) is 27.7 Å². The highest BCUT2D eigenvalue weighted by Gasteiger charge is 2.38. The highest BCUT2D eigenvalue weighted by atomic mass is 17.3. The second kappa shape index (κ2) is 6.65. The summed E-state index contributed by atoms with van der Waals surface area (Å²) in [4.78, 5) is 35.1. The first-order chi connectivity index (χ1) is 9.64. The van der Waals surface area contributed by atoms with Crippen molar-refractivity contribution in [3.63, 3.8) is 0 Å². The van der Waals surface area contributed by atoms with Crippen molar-refractivity contribution in [2.75, 3.05) is 20.8 Å². The summed E-state index contributed by atoms with van der Waals surface area (Å²) in [6, 6.07) is 0. The number of carbonyl (C=O) groups excluding carboxylic acids is 2. The Labute approximate surface area is 124 Å². The first kappa shape index (κ1) is 17.8. The van der Waals surface area contributed by atoms with E-state index in [9.17, 15) is 9.59 Å². The highest BCUT2D eigenvalue weighted by Crippen LogP contribution is 2.24. The van der Waals surface area contributed by atoms with E-state index in [1.807, 2.05) is 20.8 Å². The van der Waals surface area contributed by atoms with Gasteiger partial charge in [-0.15, -0.1) is 0 Å². The number of carbonyl (C=O) groups is 2. The van der Waals surface area contributed by atoms with Crippen molar-refractivity contribution in [1.82, 2.24) is 4.90 Å². The predicted molar refractivity (Wildman–Crippen MR) is 73.8 cm³/mol. The molecule has 1 rings (SSSR count). The number of ether oxygens (including phenoxy) is 2. The van der Waals surface area contributed by atoms with Crippen molar-refractivity contribution in [1.29, 1.82) is 0 Å². The van der Waals surface area contributed by atoms with Gasteiger partial charge in [0.2, 0.25) is 0 Å². The first-order valence-corrected chi connectivity index (χ1v) is 6.65. The van der Waals surface area contributed by atoms with Crippen LogP contribution in [0.2, 0.25) is 0 Å². The van der Waals surface area contributed by atoms with Crippen LogP contribution in [0.4, 0.5) is 0 Å². The van der Waals surface area contributed by atoms with Crippen LogP contribution < -0.4 is 0 Å². The Balaban J connectivity index is 2.67. The number of imide groups is 1. The minimum absolute atomic E-state index is 0.0979. The van der Waals surface area contributed by atoms with E-state index in [-0.39, 0.29) is 24.8 Å². The second-order valence-corrected chi connectivity index (χ2v) is 5.74. The third-order valence-corrected chi connectivity index (χ3v) is 2.87. The fourth-order valence-corrected chi connectivity index (χ4v) is 1.68. The number of nitrogens with zero attached hydrogens (tertiary/aromatic N) is 1. The highest BCUT2D eigenvalue weighted by molar-refractivity contribution is 6.15. The molecular formula is C14H23NO6. The molecule has 0 saturated heterocycles. The van der Waals surface area contributed by atoms with Gasteiger partial charge in [-0.1, -0.05) is 0 Å². The molecule has 0 saturated carbocycles. The number of amides is 2. The molecule has 0 unspecified atom stereocenters. The molecule has 120 valence electrons. The van der Waals surface area contributed by atoms with Crippen LogP contribution in [0.3, 0.4) is 0 Å². The van der Waals surface area contributed by atoms with Crippen molar-refractivity contribution in [3.05, 3.63) is 11.6 Å². The van der Waals surface area contributed by atoms with Crippen LogP contribution in [-0.4, -0.2) is 49.1 Å². The fraction of sp³-hybridized carbons (Fsp3) is 0.714. The molecule has 21 heavy (non-hydrogen) atoms. The van der Waals surface area contributed by atoms with Crippen molar-refractivity contribution in [3.8, 4) is 0 Å². The number of methoxy groups -OCH3 is 2. The Morgan fingerprint density at radius 1 is 1.10 bits per heavy atom. The third-order valence-electron chi connectivity index (χ3n) is 2.87. The fourth-order valence-electron chi connectivity index (χ4n) is 1.68. The zero-order valence-corrected chi connectivity index (χ0v) is 13.4. The van der Waals surface area contributed by atoms with Crippen LogP contribution in [-0.2, 0) is 28.8 Å². The van der Waals surface area contributed by atoms with E-state index in [2.05, 4.69) is 0 Å². The molecule has 7 heteroatoms. The van der Waals surface area contributed by atoms with Gasteiger partial charge >= 0.3 is 5.97 Å². The lowest BCUT2D eigenvalue weighted by molar-refractivity contribution is -0.520. The molecule has 0 atom stereocenters. The normalized spacial score (nSPS) is 16.7. The Morgan fingerprint density at radius 3 is 2.05 bits per heavy atom. The minimum Gasteiger partial charge on any atom is -0.329 e. The molecule has 0 radical (unpaired) electrons. The molecule has 1 heterocycles. The molecule has 0 bridgehead atoms. The van der Waals surface area contributed by atoms with E-state index in [1.54, 1.807) is 6.92 Å². The summed E-state index contributed by atoms with van der Waals surface area (Å²) in [6.07, 6.45) is 1.42. The van der Waals surface area contributed by atoms with Crippen molar-refractivity contribution in [2.24, 2.45) is 0 Å². The molecule has 0 aromatic rings. The van der Waals surface area contributed by atoms with Gasteiger partial charge in [0.1, 0.15) is 0 Å². The van der Waals surface area contributed by atoms with E-state index in [0.29, 0.717) is 5.57 Å². The van der Waals surface area contributed by atoms with E-state index in [4.69, 9.17) is 19.2 Å². The summed E-state index contributed by atoms with van der Waals surface area (Å²) in [7, 11) is 2.79. The summed E-state index contributed by atoms with van der Waals surface area (Å²) < 4.78 is 10.4. The third kappa shape index (κ3) is 4.60. The Hall–Kier alpha value is -1.28. The van der Waals surface area contributed by atoms with Gasteiger partial charge < -0.3 is 9.47 Å². The smallest absolute Gasteiger partial charge is 0.313 e. The lowest BCUT2D eigenvalue weighted by atomic mass is 10.2. The number of hydrogen-bond acceptors (Lipinski definition) is 6. The van der Waals surface area contributed by atoms with E-state index in [0.717, 1.165) is 4.90 Å². The monoisotopic (exact) mass is 301 g/mol. The molecule has 0 spiro atoms. The van der Waals surface area contributed by atoms with Crippen LogP contribution in [0.15, 0.2) is 11.6 Å². The lowest BCUT2D eigenvalue weighted by Crippen LogP contribution is -2.44. The molecule has 0 aromatic carbocycles. The molecule has 0 fully saturated rings. The topological polar surface area (TPSA) is 74.3 Å². The van der Waals surface area contributed by atoms with Crippen molar-refractivity contribution >= 4 is 11.8 Å². The van der Waals surface area contributed by atoms with Crippen molar-refractivity contribution < 1.29 is 28.8 Å². The molecule has 0 aliphatic carbocycles. The number of hydrogen-bond donors (Lipinski definition) is 0. The van der Waals surface area contributed by atoms with E-state index >= 15 is 0 Å². The zero-order chi connectivity index (χ0) is 16.3. The standard InChI is InChI=1S/C14H23NO6/c1-10-9-11(16)15(12(10)17)8-7-14(18-5,19-6)21-20-13(2,3)4/h9H,7-8H2,1-6H3. The average molecular weight is 301 g/mol. The SMILES string of the molecule is COC(CCN1C(=O)C=C(C)C1=O)(OC)OOC(C)(C)C. The first-order valence-electron chi connectivity index (χ1n) is 6.65. The van der Waals surface area contributed by atoms with E-state index in [1.165, 1.54) is 20.3 Å². The van der Waals surface area contributed by atoms with Crippen LogP contribution in [0.25, 0.3) is 0 Å². The second-order valence-electron chi connectivity index (χ2n) is 5.74. The van der Waals surface area contributed by atoms with Crippen LogP contribution in [0, 0.1) is 0 Å². The van der Waals surface area contributed by atoms with Gasteiger partial charge in [0, 0.05) is 32.4 Å². The van der Waals surface area contributed by atoms with Gasteiger partial charge in [-0.2, -0.15) is 4.89 Å². The Bertz CT molecular complexity index is 433. The van der Waals surface area contributed by atoms with Crippen molar-refractivity contribution in [2.45, 2.75) is 45.7 Å². The minimum atomic E-state index is -1.48. The van der Waals surface area contributed by atoms with Gasteiger partial charge in [-0.3, -0.25) is 14.5 Å². The maximum absolute atomic E-state index is 11.8. The molecule has 2 amide bonds. The van der Waals surface area contributed by atoms with Crippen LogP contribution >= 0.6 is 0 Å². The van der Waals surface area contributed by atoms with Crippen LogP contribution in [0.5, 0.6) is 0 Å². The maximum atomic E-state index is 11.8. The van der Waals surface area contributed by atoms with Crippen LogP contribution in [0.1, 0.15) is 34.1 Å².